The molecular formula is C18H21N3O. The highest BCUT2D eigenvalue weighted by Crippen LogP contribution is 2.47. The number of fused-ring (bicyclic) bond motifs is 1. The summed E-state index contributed by atoms with van der Waals surface area (Å²) >= 11 is 0. The van der Waals surface area contributed by atoms with Gasteiger partial charge in [0.15, 0.2) is 0 Å². The van der Waals surface area contributed by atoms with Crippen LogP contribution in [0, 0.1) is 11.8 Å². The molecule has 0 saturated heterocycles. The molecule has 1 heterocycles. The first kappa shape index (κ1) is 13.6. The van der Waals surface area contributed by atoms with E-state index in [1.54, 1.807) is 6.33 Å². The van der Waals surface area contributed by atoms with Gasteiger partial charge in [0.05, 0.1) is 12.4 Å². The van der Waals surface area contributed by atoms with Crippen LogP contribution in [0.5, 0.6) is 0 Å². The lowest BCUT2D eigenvalue weighted by molar-refractivity contribution is -0.123. The van der Waals surface area contributed by atoms with Crippen LogP contribution < -0.4 is 5.32 Å². The van der Waals surface area contributed by atoms with Crippen LogP contribution in [0.25, 0.3) is 0 Å². The normalized spacial score (nSPS) is 29.7. The maximum Gasteiger partial charge on any atom is 0.224 e. The summed E-state index contributed by atoms with van der Waals surface area (Å²) in [4.78, 5) is 19.8. The summed E-state index contributed by atoms with van der Waals surface area (Å²) in [5.74, 6) is 1.09. The third kappa shape index (κ3) is 2.32. The van der Waals surface area contributed by atoms with E-state index in [-0.39, 0.29) is 17.9 Å². The quantitative estimate of drug-likeness (QED) is 0.914. The fraction of sp³-hybridized carbons (Fsp3) is 0.444. The van der Waals surface area contributed by atoms with Crippen LogP contribution in [-0.4, -0.2) is 15.9 Å². The number of H-pyrrole nitrogens is 1. The van der Waals surface area contributed by atoms with Gasteiger partial charge in [-0.15, -0.1) is 0 Å². The SMILES string of the molecule is CC1CCc2ccccc2C1NC(=O)[C@@H]1C[C@H]1c1cnc[nH]1. The molecule has 0 radical (unpaired) electrons. The molecule has 0 bridgehead atoms. The first-order chi connectivity index (χ1) is 10.7. The second-order valence-corrected chi connectivity index (χ2v) is 6.66. The van der Waals surface area contributed by atoms with Crippen LogP contribution in [0.4, 0.5) is 0 Å². The Morgan fingerprint density at radius 3 is 3.05 bits per heavy atom. The van der Waals surface area contributed by atoms with Crippen molar-refractivity contribution in [1.82, 2.24) is 15.3 Å². The predicted molar refractivity (Wildman–Crippen MR) is 84.2 cm³/mol. The number of aromatic nitrogens is 2. The molecule has 4 atom stereocenters. The van der Waals surface area contributed by atoms with E-state index < -0.39 is 0 Å². The van der Waals surface area contributed by atoms with Crippen molar-refractivity contribution in [2.75, 3.05) is 0 Å². The number of nitrogens with zero attached hydrogens (tertiary/aromatic N) is 1. The van der Waals surface area contributed by atoms with Crippen LogP contribution in [0.1, 0.15) is 48.5 Å². The standard InChI is InChI=1S/C18H21N3O/c1-11-6-7-12-4-2-3-5-13(12)17(11)21-18(22)15-8-14(15)16-9-19-10-20-16/h2-5,9-11,14-15,17H,6-8H2,1H3,(H,19,20)(H,21,22)/t11?,14-,15-,17?/m1/s1. The van der Waals surface area contributed by atoms with Crippen molar-refractivity contribution < 1.29 is 4.79 Å². The van der Waals surface area contributed by atoms with E-state index in [0.29, 0.717) is 11.8 Å². The van der Waals surface area contributed by atoms with E-state index in [4.69, 9.17) is 0 Å². The first-order valence-corrected chi connectivity index (χ1v) is 8.10. The van der Waals surface area contributed by atoms with Crippen LogP contribution in [-0.2, 0) is 11.2 Å². The Morgan fingerprint density at radius 2 is 2.23 bits per heavy atom. The number of aromatic amines is 1. The molecule has 2 N–H and O–H groups in total. The molecule has 1 aromatic carbocycles. The number of hydrogen-bond acceptors (Lipinski definition) is 2. The number of benzene rings is 1. The number of hydrogen-bond donors (Lipinski definition) is 2. The van der Waals surface area contributed by atoms with Gasteiger partial charge in [-0.3, -0.25) is 4.79 Å². The molecule has 1 saturated carbocycles. The lowest BCUT2D eigenvalue weighted by Gasteiger charge is -2.32. The van der Waals surface area contributed by atoms with Crippen molar-refractivity contribution in [3.8, 4) is 0 Å². The molecular weight excluding hydrogens is 274 g/mol. The minimum absolute atomic E-state index is 0.0988. The Balaban J connectivity index is 1.48. The fourth-order valence-electron chi connectivity index (χ4n) is 3.70. The zero-order valence-corrected chi connectivity index (χ0v) is 12.8. The van der Waals surface area contributed by atoms with E-state index in [2.05, 4.69) is 46.5 Å². The van der Waals surface area contributed by atoms with Crippen molar-refractivity contribution in [2.24, 2.45) is 11.8 Å². The Labute approximate surface area is 130 Å². The maximum atomic E-state index is 12.6. The largest absolute Gasteiger partial charge is 0.349 e. The average molecular weight is 295 g/mol. The van der Waals surface area contributed by atoms with E-state index in [0.717, 1.165) is 25.0 Å². The number of amides is 1. The fourth-order valence-corrected chi connectivity index (χ4v) is 3.70. The number of nitrogens with one attached hydrogen (secondary N) is 2. The molecule has 0 spiro atoms. The van der Waals surface area contributed by atoms with Crippen LogP contribution in [0.15, 0.2) is 36.8 Å². The molecule has 2 aliphatic rings. The summed E-state index contributed by atoms with van der Waals surface area (Å²) in [5.41, 5.74) is 3.76. The van der Waals surface area contributed by atoms with Crippen molar-refractivity contribution in [3.05, 3.63) is 53.6 Å². The molecule has 1 aromatic heterocycles. The van der Waals surface area contributed by atoms with Gasteiger partial charge in [0.1, 0.15) is 0 Å². The maximum absolute atomic E-state index is 12.6. The average Bonchev–Trinajstić information content (AvgIpc) is 3.16. The van der Waals surface area contributed by atoms with Gasteiger partial charge in [-0.25, -0.2) is 4.98 Å². The molecule has 114 valence electrons. The Kier molecular flexibility index (Phi) is 3.25. The Hall–Kier alpha value is -2.10. The molecule has 4 nitrogen and oxygen atoms in total. The number of aryl methyl sites for hydroxylation is 1. The lowest BCUT2D eigenvalue weighted by atomic mass is 9.80. The molecule has 2 unspecified atom stereocenters. The van der Waals surface area contributed by atoms with Gasteiger partial charge >= 0.3 is 0 Å². The highest BCUT2D eigenvalue weighted by atomic mass is 16.2. The second kappa shape index (κ2) is 5.27. The minimum Gasteiger partial charge on any atom is -0.349 e. The summed E-state index contributed by atoms with van der Waals surface area (Å²) < 4.78 is 0. The molecule has 4 rings (SSSR count). The predicted octanol–water partition coefficient (Wildman–Crippen LogP) is 2.95. The summed E-state index contributed by atoms with van der Waals surface area (Å²) in [7, 11) is 0. The van der Waals surface area contributed by atoms with Crippen molar-refractivity contribution in [2.45, 2.75) is 38.1 Å². The number of rotatable bonds is 3. The van der Waals surface area contributed by atoms with Gasteiger partial charge in [0, 0.05) is 23.7 Å². The van der Waals surface area contributed by atoms with Crippen molar-refractivity contribution >= 4 is 5.91 Å². The molecule has 2 aromatic rings. The lowest BCUT2D eigenvalue weighted by Crippen LogP contribution is -2.36. The molecule has 1 amide bonds. The smallest absolute Gasteiger partial charge is 0.224 e. The zero-order valence-electron chi connectivity index (χ0n) is 12.8. The van der Waals surface area contributed by atoms with Gasteiger partial charge in [-0.2, -0.15) is 0 Å². The molecule has 0 aliphatic heterocycles. The highest BCUT2D eigenvalue weighted by Gasteiger charge is 2.45. The van der Waals surface area contributed by atoms with Crippen molar-refractivity contribution in [3.63, 3.8) is 0 Å². The number of carbonyl (C=O) groups is 1. The third-order valence-corrected chi connectivity index (χ3v) is 5.17. The van der Waals surface area contributed by atoms with E-state index in [1.807, 2.05) is 6.20 Å². The first-order valence-electron chi connectivity index (χ1n) is 8.10. The van der Waals surface area contributed by atoms with Gasteiger partial charge in [-0.05, 0) is 36.3 Å². The molecule has 1 fully saturated rings. The van der Waals surface area contributed by atoms with E-state index in [9.17, 15) is 4.79 Å². The molecule has 2 aliphatic carbocycles. The summed E-state index contributed by atoms with van der Waals surface area (Å²) in [6.45, 7) is 2.24. The Bertz CT molecular complexity index is 679. The van der Waals surface area contributed by atoms with Crippen LogP contribution in [0.2, 0.25) is 0 Å². The summed E-state index contributed by atoms with van der Waals surface area (Å²) in [5, 5.41) is 3.31. The zero-order chi connectivity index (χ0) is 15.1. The minimum atomic E-state index is 0.0988. The number of imidazole rings is 1. The van der Waals surface area contributed by atoms with Gasteiger partial charge in [0.25, 0.3) is 0 Å². The van der Waals surface area contributed by atoms with Crippen molar-refractivity contribution in [1.29, 1.82) is 0 Å². The monoisotopic (exact) mass is 295 g/mol. The van der Waals surface area contributed by atoms with E-state index in [1.165, 1.54) is 11.1 Å². The molecule has 4 heteroatoms. The highest BCUT2D eigenvalue weighted by molar-refractivity contribution is 5.83. The van der Waals surface area contributed by atoms with Gasteiger partial charge in [0.2, 0.25) is 5.91 Å². The summed E-state index contributed by atoms with van der Waals surface area (Å²) in [6.07, 6.45) is 6.69. The topological polar surface area (TPSA) is 57.8 Å². The second-order valence-electron chi connectivity index (χ2n) is 6.66. The van der Waals surface area contributed by atoms with E-state index >= 15 is 0 Å². The van der Waals surface area contributed by atoms with Crippen LogP contribution >= 0.6 is 0 Å². The summed E-state index contributed by atoms with van der Waals surface area (Å²) in [6, 6.07) is 8.66. The molecule has 22 heavy (non-hydrogen) atoms. The number of carbonyl (C=O) groups excluding carboxylic acids is 1. The van der Waals surface area contributed by atoms with Crippen LogP contribution in [0.3, 0.4) is 0 Å². The Morgan fingerprint density at radius 1 is 1.36 bits per heavy atom. The van der Waals surface area contributed by atoms with Gasteiger partial charge < -0.3 is 10.3 Å². The third-order valence-electron chi connectivity index (χ3n) is 5.17. The van der Waals surface area contributed by atoms with Gasteiger partial charge in [-0.1, -0.05) is 31.2 Å².